The molecule has 0 aliphatic carbocycles. The van der Waals surface area contributed by atoms with E-state index in [2.05, 4.69) is 6.58 Å². The molecule has 0 aromatic carbocycles. The number of hydrogen-bond donors (Lipinski definition) is 0. The van der Waals surface area contributed by atoms with E-state index in [9.17, 15) is 8.42 Å². The first kappa shape index (κ1) is 14.2. The van der Waals surface area contributed by atoms with Crippen LogP contribution in [-0.2, 0) is 14.8 Å². The van der Waals surface area contributed by atoms with Crippen LogP contribution in [0.25, 0.3) is 0 Å². The minimum absolute atomic E-state index is 0.336. The lowest BCUT2D eigenvalue weighted by Gasteiger charge is -2.22. The first-order valence-electron chi connectivity index (χ1n) is 4.78. The van der Waals surface area contributed by atoms with Crippen molar-refractivity contribution in [1.82, 2.24) is 4.31 Å². The summed E-state index contributed by atoms with van der Waals surface area (Å²) >= 11 is 0. The second-order valence-electron chi connectivity index (χ2n) is 3.08. The van der Waals surface area contributed by atoms with Gasteiger partial charge in [0.05, 0.1) is 19.4 Å². The molecule has 0 aromatic heterocycles. The van der Waals surface area contributed by atoms with Crippen molar-refractivity contribution in [2.24, 2.45) is 0 Å². The molecule has 0 heterocycles. The van der Waals surface area contributed by atoms with Crippen LogP contribution in [0.4, 0.5) is 0 Å². The maximum atomic E-state index is 11.4. The molecule has 0 saturated heterocycles. The van der Waals surface area contributed by atoms with Gasteiger partial charge in [0.15, 0.2) is 0 Å². The van der Waals surface area contributed by atoms with Gasteiger partial charge in [-0.2, -0.15) is 0 Å². The van der Waals surface area contributed by atoms with Crippen LogP contribution in [0.5, 0.6) is 0 Å². The van der Waals surface area contributed by atoms with E-state index in [1.54, 1.807) is 19.1 Å². The molecule has 0 rings (SSSR count). The second-order valence-corrected chi connectivity index (χ2v) is 4.98. The van der Waals surface area contributed by atoms with E-state index >= 15 is 0 Å². The highest BCUT2D eigenvalue weighted by Gasteiger charge is 2.15. The molecular weight excluding hydrogens is 214 g/mol. The van der Waals surface area contributed by atoms with E-state index in [0.29, 0.717) is 25.5 Å². The van der Waals surface area contributed by atoms with E-state index in [1.165, 1.54) is 10.6 Å². The Balaban J connectivity index is 4.61. The summed E-state index contributed by atoms with van der Waals surface area (Å²) in [5.41, 5.74) is 0.646. The molecule has 0 aliphatic rings. The summed E-state index contributed by atoms with van der Waals surface area (Å²) in [7, 11) is -3.23. The lowest BCUT2D eigenvalue weighted by molar-refractivity contribution is 0.139. The normalized spacial score (nSPS) is 12.6. The third kappa shape index (κ3) is 5.59. The van der Waals surface area contributed by atoms with Crippen LogP contribution in [0.2, 0.25) is 0 Å². The van der Waals surface area contributed by atoms with Gasteiger partial charge >= 0.3 is 0 Å². The Hall–Kier alpha value is -0.810. The van der Waals surface area contributed by atoms with Gasteiger partial charge in [-0.15, -0.1) is 0 Å². The molecule has 0 spiro atoms. The molecule has 0 N–H and O–H groups in total. The highest BCUT2D eigenvalue weighted by atomic mass is 32.2. The van der Waals surface area contributed by atoms with Crippen LogP contribution in [0.1, 0.15) is 13.8 Å². The number of hydrogen-bond acceptors (Lipinski definition) is 3. The fourth-order valence-electron chi connectivity index (χ4n) is 1.15. The predicted molar refractivity (Wildman–Crippen MR) is 62.0 cm³/mol. The highest BCUT2D eigenvalue weighted by molar-refractivity contribution is 7.88. The van der Waals surface area contributed by atoms with E-state index in [4.69, 9.17) is 4.74 Å². The fraction of sp³-hybridized carbons (Fsp3) is 0.600. The van der Waals surface area contributed by atoms with Crippen LogP contribution in [0, 0.1) is 0 Å². The largest absolute Gasteiger partial charge is 0.380 e. The molecule has 0 aromatic rings. The minimum Gasteiger partial charge on any atom is -0.380 e. The monoisotopic (exact) mass is 233 g/mol. The second kappa shape index (κ2) is 6.63. The SMILES string of the molecule is C=CC=C(C)N(CCOCC)S(C)(=O)=O. The number of allylic oxidation sites excluding steroid dienone is 3. The van der Waals surface area contributed by atoms with Crippen LogP contribution in [0.3, 0.4) is 0 Å². The summed E-state index contributed by atoms with van der Waals surface area (Å²) < 4.78 is 29.3. The van der Waals surface area contributed by atoms with Crippen molar-refractivity contribution in [3.8, 4) is 0 Å². The Morgan fingerprint density at radius 1 is 1.53 bits per heavy atom. The zero-order valence-corrected chi connectivity index (χ0v) is 10.4. The third-order valence-corrected chi connectivity index (χ3v) is 3.07. The van der Waals surface area contributed by atoms with E-state index in [-0.39, 0.29) is 0 Å². The van der Waals surface area contributed by atoms with Gasteiger partial charge in [-0.05, 0) is 19.9 Å². The molecule has 0 fully saturated rings. The summed E-state index contributed by atoms with van der Waals surface area (Å²) in [4.78, 5) is 0. The number of ether oxygens (including phenoxy) is 1. The van der Waals surface area contributed by atoms with E-state index < -0.39 is 10.0 Å². The van der Waals surface area contributed by atoms with Gasteiger partial charge in [-0.1, -0.05) is 12.7 Å². The van der Waals surface area contributed by atoms with Crippen molar-refractivity contribution >= 4 is 10.0 Å². The summed E-state index contributed by atoms with van der Waals surface area (Å²) in [5.74, 6) is 0. The van der Waals surface area contributed by atoms with Crippen molar-refractivity contribution in [1.29, 1.82) is 0 Å². The number of nitrogens with zero attached hydrogens (tertiary/aromatic N) is 1. The van der Waals surface area contributed by atoms with E-state index in [1.807, 2.05) is 6.92 Å². The quantitative estimate of drug-likeness (QED) is 0.493. The predicted octanol–water partition coefficient (Wildman–Crippen LogP) is 1.37. The Bertz CT molecular complexity index is 320. The minimum atomic E-state index is -3.23. The molecule has 0 amide bonds. The van der Waals surface area contributed by atoms with Crippen molar-refractivity contribution in [3.63, 3.8) is 0 Å². The summed E-state index contributed by atoms with van der Waals surface area (Å²) in [6.07, 6.45) is 4.40. The fourth-order valence-corrected chi connectivity index (χ4v) is 2.14. The summed E-state index contributed by atoms with van der Waals surface area (Å²) in [6, 6.07) is 0. The lowest BCUT2D eigenvalue weighted by atomic mass is 10.4. The van der Waals surface area contributed by atoms with Gasteiger partial charge in [0.25, 0.3) is 0 Å². The smallest absolute Gasteiger partial charge is 0.232 e. The first-order chi connectivity index (χ1) is 6.93. The molecule has 0 unspecified atom stereocenters. The first-order valence-corrected chi connectivity index (χ1v) is 6.63. The van der Waals surface area contributed by atoms with Crippen LogP contribution in [-0.4, -0.2) is 38.7 Å². The average Bonchev–Trinajstić information content (AvgIpc) is 2.10. The molecule has 0 radical (unpaired) electrons. The topological polar surface area (TPSA) is 46.6 Å². The van der Waals surface area contributed by atoms with Crippen molar-refractivity contribution < 1.29 is 13.2 Å². The molecule has 0 aliphatic heterocycles. The molecule has 0 atom stereocenters. The molecule has 15 heavy (non-hydrogen) atoms. The van der Waals surface area contributed by atoms with Gasteiger partial charge in [0, 0.05) is 12.3 Å². The molecule has 5 heteroatoms. The summed E-state index contributed by atoms with van der Waals surface area (Å²) in [5, 5.41) is 0. The Morgan fingerprint density at radius 2 is 2.13 bits per heavy atom. The number of sulfonamides is 1. The molecule has 0 bridgehead atoms. The molecular formula is C10H19NO3S. The standard InChI is InChI=1S/C10H19NO3S/c1-5-7-10(3)11(15(4,12)13)8-9-14-6-2/h5,7H,1,6,8-9H2,2-4H3. The Labute approximate surface area is 92.3 Å². The van der Waals surface area contributed by atoms with E-state index in [0.717, 1.165) is 0 Å². The average molecular weight is 233 g/mol. The van der Waals surface area contributed by atoms with Crippen molar-refractivity contribution in [2.75, 3.05) is 26.0 Å². The molecule has 88 valence electrons. The van der Waals surface area contributed by atoms with Crippen LogP contribution >= 0.6 is 0 Å². The van der Waals surface area contributed by atoms with Crippen LogP contribution < -0.4 is 0 Å². The maximum Gasteiger partial charge on any atom is 0.232 e. The van der Waals surface area contributed by atoms with Crippen molar-refractivity contribution in [2.45, 2.75) is 13.8 Å². The van der Waals surface area contributed by atoms with Gasteiger partial charge in [0.1, 0.15) is 0 Å². The van der Waals surface area contributed by atoms with Crippen LogP contribution in [0.15, 0.2) is 24.4 Å². The molecule has 0 saturated carbocycles. The zero-order valence-electron chi connectivity index (χ0n) is 9.56. The Morgan fingerprint density at radius 3 is 2.53 bits per heavy atom. The van der Waals surface area contributed by atoms with Crippen molar-refractivity contribution in [3.05, 3.63) is 24.4 Å². The molecule has 4 nitrogen and oxygen atoms in total. The van der Waals surface area contributed by atoms with Gasteiger partial charge in [-0.25, -0.2) is 8.42 Å². The van der Waals surface area contributed by atoms with Gasteiger partial charge in [0.2, 0.25) is 10.0 Å². The van der Waals surface area contributed by atoms with Gasteiger partial charge in [-0.3, -0.25) is 4.31 Å². The highest BCUT2D eigenvalue weighted by Crippen LogP contribution is 2.08. The summed E-state index contributed by atoms with van der Waals surface area (Å²) in [6.45, 7) is 8.45. The third-order valence-electron chi connectivity index (χ3n) is 1.80. The maximum absolute atomic E-state index is 11.4. The Kier molecular flexibility index (Phi) is 6.27. The number of rotatable bonds is 7. The van der Waals surface area contributed by atoms with Gasteiger partial charge < -0.3 is 4.74 Å². The zero-order chi connectivity index (χ0) is 11.9. The lowest BCUT2D eigenvalue weighted by Crippen LogP contribution is -2.31.